The molecule has 0 saturated heterocycles. The predicted octanol–water partition coefficient (Wildman–Crippen LogP) is 2.32. The maximum atomic E-state index is 5.38. The summed E-state index contributed by atoms with van der Waals surface area (Å²) in [5, 5.41) is 6.81. The smallest absolute Gasteiger partial charge is 0.203 e. The minimum Gasteiger partial charge on any atom is -0.493 e. The van der Waals surface area contributed by atoms with Crippen molar-refractivity contribution in [2.45, 2.75) is 38.3 Å². The average Bonchev–Trinajstić information content (AvgIpc) is 3.10. The molecule has 1 aliphatic rings. The number of ether oxygens (including phenoxy) is 3. The quantitative estimate of drug-likeness (QED) is 0.622. The second kappa shape index (κ2) is 8.50. The van der Waals surface area contributed by atoms with Crippen LogP contribution in [-0.2, 0) is 6.54 Å². The maximum Gasteiger partial charge on any atom is 0.203 e. The highest BCUT2D eigenvalue weighted by molar-refractivity contribution is 5.80. The number of aliphatic imine (C=N–C) groups is 1. The van der Waals surface area contributed by atoms with Gasteiger partial charge in [-0.15, -0.1) is 0 Å². The van der Waals surface area contributed by atoms with Crippen LogP contribution < -0.4 is 24.8 Å². The number of benzene rings is 1. The summed E-state index contributed by atoms with van der Waals surface area (Å²) in [6.07, 6.45) is 5.01. The van der Waals surface area contributed by atoms with Gasteiger partial charge in [0, 0.05) is 19.6 Å². The molecule has 6 heteroatoms. The summed E-state index contributed by atoms with van der Waals surface area (Å²) in [5.74, 6) is 2.74. The molecule has 0 unspecified atom stereocenters. The Morgan fingerprint density at radius 3 is 2.17 bits per heavy atom. The van der Waals surface area contributed by atoms with Crippen LogP contribution in [0.3, 0.4) is 0 Å². The van der Waals surface area contributed by atoms with Crippen molar-refractivity contribution in [2.24, 2.45) is 4.99 Å². The van der Waals surface area contributed by atoms with Gasteiger partial charge in [0.25, 0.3) is 0 Å². The van der Waals surface area contributed by atoms with E-state index in [4.69, 9.17) is 14.2 Å². The van der Waals surface area contributed by atoms with Crippen LogP contribution in [0.5, 0.6) is 17.2 Å². The molecule has 23 heavy (non-hydrogen) atoms. The molecule has 1 aromatic rings. The molecule has 6 nitrogen and oxygen atoms in total. The number of nitrogens with one attached hydrogen (secondary N) is 2. The number of nitrogens with zero attached hydrogens (tertiary/aromatic N) is 1. The van der Waals surface area contributed by atoms with Crippen LogP contribution in [0.1, 0.15) is 31.2 Å². The van der Waals surface area contributed by atoms with Crippen molar-refractivity contribution in [2.75, 3.05) is 28.4 Å². The molecule has 1 saturated carbocycles. The third-order valence-corrected chi connectivity index (χ3v) is 4.10. The van der Waals surface area contributed by atoms with Gasteiger partial charge in [-0.2, -0.15) is 0 Å². The Morgan fingerprint density at radius 2 is 1.70 bits per heavy atom. The summed E-state index contributed by atoms with van der Waals surface area (Å²) in [5.41, 5.74) is 1.04. The van der Waals surface area contributed by atoms with Crippen molar-refractivity contribution in [1.82, 2.24) is 10.6 Å². The molecule has 0 atom stereocenters. The van der Waals surface area contributed by atoms with Crippen LogP contribution >= 0.6 is 0 Å². The monoisotopic (exact) mass is 321 g/mol. The van der Waals surface area contributed by atoms with Crippen LogP contribution in [0.4, 0.5) is 0 Å². The molecule has 1 aliphatic carbocycles. The van der Waals surface area contributed by atoms with Crippen molar-refractivity contribution in [3.8, 4) is 17.2 Å². The van der Waals surface area contributed by atoms with Crippen LogP contribution in [0.15, 0.2) is 17.1 Å². The van der Waals surface area contributed by atoms with E-state index in [2.05, 4.69) is 15.6 Å². The van der Waals surface area contributed by atoms with Gasteiger partial charge in [0.1, 0.15) is 0 Å². The maximum absolute atomic E-state index is 5.38. The first-order valence-electron chi connectivity index (χ1n) is 7.97. The van der Waals surface area contributed by atoms with Gasteiger partial charge in [0.2, 0.25) is 5.75 Å². The lowest BCUT2D eigenvalue weighted by Gasteiger charge is -2.18. The van der Waals surface area contributed by atoms with Crippen LogP contribution in [-0.4, -0.2) is 40.4 Å². The van der Waals surface area contributed by atoms with Gasteiger partial charge >= 0.3 is 0 Å². The van der Waals surface area contributed by atoms with Gasteiger partial charge in [-0.3, -0.25) is 4.99 Å². The summed E-state index contributed by atoms with van der Waals surface area (Å²) in [4.78, 5) is 4.29. The summed E-state index contributed by atoms with van der Waals surface area (Å²) < 4.78 is 16.1. The van der Waals surface area contributed by atoms with E-state index in [9.17, 15) is 0 Å². The molecule has 0 aliphatic heterocycles. The van der Waals surface area contributed by atoms with Crippen molar-refractivity contribution in [1.29, 1.82) is 0 Å². The normalized spacial score (nSPS) is 15.4. The molecular weight excluding hydrogens is 294 g/mol. The minimum absolute atomic E-state index is 0.529. The lowest BCUT2D eigenvalue weighted by atomic mass is 10.2. The van der Waals surface area contributed by atoms with E-state index in [1.54, 1.807) is 28.4 Å². The van der Waals surface area contributed by atoms with Crippen molar-refractivity contribution >= 4 is 5.96 Å². The molecule has 2 N–H and O–H groups in total. The van der Waals surface area contributed by atoms with E-state index in [1.807, 2.05) is 12.1 Å². The molecule has 0 radical (unpaired) electrons. The number of methoxy groups -OCH3 is 3. The molecule has 0 amide bonds. The standard InChI is InChI=1S/C17H27N3O3/c1-18-17(20-13-7-5-6-8-13)19-11-12-9-14(21-2)16(23-4)15(10-12)22-3/h9-10,13H,5-8,11H2,1-4H3,(H2,18,19,20). The summed E-state index contributed by atoms with van der Waals surface area (Å²) in [7, 11) is 6.63. The van der Waals surface area contributed by atoms with Crippen molar-refractivity contribution < 1.29 is 14.2 Å². The van der Waals surface area contributed by atoms with E-state index < -0.39 is 0 Å². The number of guanidine groups is 1. The zero-order valence-corrected chi connectivity index (χ0v) is 14.4. The average molecular weight is 321 g/mol. The van der Waals surface area contributed by atoms with Crippen LogP contribution in [0.25, 0.3) is 0 Å². The largest absolute Gasteiger partial charge is 0.493 e. The Balaban J connectivity index is 2.03. The summed E-state index contributed by atoms with van der Waals surface area (Å²) >= 11 is 0. The lowest BCUT2D eigenvalue weighted by Crippen LogP contribution is -2.41. The Labute approximate surface area is 138 Å². The second-order valence-electron chi connectivity index (χ2n) is 5.59. The van der Waals surface area contributed by atoms with Gasteiger partial charge in [-0.05, 0) is 30.5 Å². The number of rotatable bonds is 6. The van der Waals surface area contributed by atoms with Crippen LogP contribution in [0.2, 0.25) is 0 Å². The number of hydrogen-bond acceptors (Lipinski definition) is 4. The van der Waals surface area contributed by atoms with E-state index >= 15 is 0 Å². The first-order chi connectivity index (χ1) is 11.2. The molecule has 1 fully saturated rings. The summed E-state index contributed by atoms with van der Waals surface area (Å²) in [6, 6.07) is 4.41. The molecule has 0 heterocycles. The zero-order chi connectivity index (χ0) is 16.7. The Morgan fingerprint density at radius 1 is 1.09 bits per heavy atom. The van der Waals surface area contributed by atoms with E-state index in [0.29, 0.717) is 29.8 Å². The molecular formula is C17H27N3O3. The minimum atomic E-state index is 0.529. The highest BCUT2D eigenvalue weighted by Crippen LogP contribution is 2.38. The lowest BCUT2D eigenvalue weighted by molar-refractivity contribution is 0.323. The Kier molecular flexibility index (Phi) is 6.38. The Hall–Kier alpha value is -2.11. The van der Waals surface area contributed by atoms with Gasteiger partial charge in [-0.25, -0.2) is 0 Å². The van der Waals surface area contributed by atoms with Crippen LogP contribution in [0, 0.1) is 0 Å². The zero-order valence-electron chi connectivity index (χ0n) is 14.4. The van der Waals surface area contributed by atoms with Gasteiger partial charge in [0.05, 0.1) is 21.3 Å². The fraction of sp³-hybridized carbons (Fsp3) is 0.588. The van der Waals surface area contributed by atoms with E-state index in [1.165, 1.54) is 25.7 Å². The van der Waals surface area contributed by atoms with Gasteiger partial charge in [0.15, 0.2) is 17.5 Å². The highest BCUT2D eigenvalue weighted by Gasteiger charge is 2.16. The van der Waals surface area contributed by atoms with Crippen molar-refractivity contribution in [3.63, 3.8) is 0 Å². The first kappa shape index (κ1) is 17.2. The summed E-state index contributed by atoms with van der Waals surface area (Å²) in [6.45, 7) is 0.628. The van der Waals surface area contributed by atoms with Crippen molar-refractivity contribution in [3.05, 3.63) is 17.7 Å². The molecule has 0 spiro atoms. The van der Waals surface area contributed by atoms with Gasteiger partial charge < -0.3 is 24.8 Å². The number of hydrogen-bond donors (Lipinski definition) is 2. The van der Waals surface area contributed by atoms with E-state index in [0.717, 1.165) is 11.5 Å². The molecule has 128 valence electrons. The molecule has 1 aromatic carbocycles. The predicted molar refractivity (Wildman–Crippen MR) is 91.7 cm³/mol. The third kappa shape index (κ3) is 4.43. The SMILES string of the molecule is CN=C(NCc1cc(OC)c(OC)c(OC)c1)NC1CCCC1. The topological polar surface area (TPSA) is 64.1 Å². The fourth-order valence-electron chi connectivity index (χ4n) is 2.88. The van der Waals surface area contributed by atoms with E-state index in [-0.39, 0.29) is 0 Å². The molecule has 2 rings (SSSR count). The van der Waals surface area contributed by atoms with Gasteiger partial charge in [-0.1, -0.05) is 12.8 Å². The molecule has 0 bridgehead atoms. The first-order valence-corrected chi connectivity index (χ1v) is 7.97. The second-order valence-corrected chi connectivity index (χ2v) is 5.59. The molecule has 0 aromatic heterocycles. The third-order valence-electron chi connectivity index (χ3n) is 4.10. The fourth-order valence-corrected chi connectivity index (χ4v) is 2.88. The Bertz CT molecular complexity index is 515. The highest BCUT2D eigenvalue weighted by atomic mass is 16.5.